The lowest BCUT2D eigenvalue weighted by Gasteiger charge is -2.23. The molecule has 0 aliphatic heterocycles. The Kier molecular flexibility index (Phi) is 5.86. The van der Waals surface area contributed by atoms with Crippen LogP contribution in [-0.4, -0.2) is 20.9 Å². The topological polar surface area (TPSA) is 66.5 Å². The number of hydrogen-bond donors (Lipinski definition) is 1. The van der Waals surface area contributed by atoms with Crippen LogP contribution in [0.15, 0.2) is 64.2 Å². The minimum absolute atomic E-state index is 0.201. The molecule has 0 bridgehead atoms. The summed E-state index contributed by atoms with van der Waals surface area (Å²) in [5.74, 6) is -0.394. The van der Waals surface area contributed by atoms with Crippen LogP contribution >= 0.6 is 11.3 Å². The molecule has 7 heteroatoms. The molecule has 3 rings (SSSR count). The van der Waals surface area contributed by atoms with Crippen molar-refractivity contribution in [2.75, 3.05) is 16.2 Å². The first-order valence-corrected chi connectivity index (χ1v) is 11.1. The standard InChI is InChI=1S/C21H22N2O3S2/c1-15-7-10-18(11-8-15)23(28(25,26)21-5-4-12-27-21)14-20(24)22-19-13-16(2)6-9-17(19)3/h4-13H,14H2,1-3H3,(H,22,24). The van der Waals surface area contributed by atoms with Crippen molar-refractivity contribution >= 4 is 38.6 Å². The number of rotatable bonds is 6. The second-order valence-electron chi connectivity index (χ2n) is 6.65. The van der Waals surface area contributed by atoms with Crippen LogP contribution in [0.3, 0.4) is 0 Å². The normalized spacial score (nSPS) is 11.2. The smallest absolute Gasteiger partial charge is 0.274 e. The molecule has 5 nitrogen and oxygen atoms in total. The molecule has 3 aromatic rings. The van der Waals surface area contributed by atoms with E-state index < -0.39 is 15.9 Å². The highest BCUT2D eigenvalue weighted by Gasteiger charge is 2.28. The zero-order chi connectivity index (χ0) is 20.3. The third-order valence-electron chi connectivity index (χ3n) is 4.32. The minimum Gasteiger partial charge on any atom is -0.324 e. The Morgan fingerprint density at radius 1 is 1.00 bits per heavy atom. The predicted octanol–water partition coefficient (Wildman–Crippen LogP) is 4.51. The van der Waals surface area contributed by atoms with Crippen LogP contribution in [0.5, 0.6) is 0 Å². The maximum Gasteiger partial charge on any atom is 0.274 e. The Balaban J connectivity index is 1.92. The van der Waals surface area contributed by atoms with Gasteiger partial charge in [-0.3, -0.25) is 9.10 Å². The minimum atomic E-state index is -3.84. The van der Waals surface area contributed by atoms with Crippen LogP contribution in [0.2, 0.25) is 0 Å². The quantitative estimate of drug-likeness (QED) is 0.645. The van der Waals surface area contributed by atoms with E-state index in [1.165, 1.54) is 0 Å². The highest BCUT2D eigenvalue weighted by molar-refractivity contribution is 7.94. The van der Waals surface area contributed by atoms with Gasteiger partial charge in [-0.1, -0.05) is 35.9 Å². The number of aryl methyl sites for hydroxylation is 3. The monoisotopic (exact) mass is 414 g/mol. The van der Waals surface area contributed by atoms with Crippen molar-refractivity contribution in [3.05, 3.63) is 76.7 Å². The molecule has 1 aromatic heterocycles. The van der Waals surface area contributed by atoms with Crippen molar-refractivity contribution in [2.45, 2.75) is 25.0 Å². The van der Waals surface area contributed by atoms with Gasteiger partial charge in [0.2, 0.25) is 5.91 Å². The molecule has 1 heterocycles. The summed E-state index contributed by atoms with van der Waals surface area (Å²) in [6, 6.07) is 16.1. The van der Waals surface area contributed by atoms with E-state index in [-0.39, 0.29) is 10.8 Å². The molecule has 0 atom stereocenters. The third kappa shape index (κ3) is 4.43. The lowest BCUT2D eigenvalue weighted by molar-refractivity contribution is -0.114. The van der Waals surface area contributed by atoms with Crippen molar-refractivity contribution in [1.29, 1.82) is 0 Å². The van der Waals surface area contributed by atoms with Gasteiger partial charge in [0.15, 0.2) is 0 Å². The second kappa shape index (κ2) is 8.16. The molecule has 28 heavy (non-hydrogen) atoms. The highest BCUT2D eigenvalue weighted by atomic mass is 32.2. The molecule has 0 fully saturated rings. The van der Waals surface area contributed by atoms with E-state index in [9.17, 15) is 13.2 Å². The zero-order valence-corrected chi connectivity index (χ0v) is 17.6. The average Bonchev–Trinajstić information content (AvgIpc) is 3.19. The molecule has 0 unspecified atom stereocenters. The van der Waals surface area contributed by atoms with Gasteiger partial charge in [-0.15, -0.1) is 11.3 Å². The van der Waals surface area contributed by atoms with Crippen LogP contribution in [0, 0.1) is 20.8 Å². The maximum absolute atomic E-state index is 13.1. The number of benzene rings is 2. The van der Waals surface area contributed by atoms with Crippen molar-refractivity contribution in [3.8, 4) is 0 Å². The number of nitrogens with one attached hydrogen (secondary N) is 1. The molecule has 1 amide bonds. The zero-order valence-electron chi connectivity index (χ0n) is 16.0. The molecular formula is C21H22N2O3S2. The number of amides is 1. The van der Waals surface area contributed by atoms with Gasteiger partial charge in [0, 0.05) is 5.69 Å². The van der Waals surface area contributed by atoms with Gasteiger partial charge in [0.25, 0.3) is 10.0 Å². The Labute approximate surface area is 169 Å². The fourth-order valence-corrected chi connectivity index (χ4v) is 5.26. The fourth-order valence-electron chi connectivity index (χ4n) is 2.74. The van der Waals surface area contributed by atoms with Crippen LogP contribution in [0.25, 0.3) is 0 Å². The Morgan fingerprint density at radius 3 is 2.32 bits per heavy atom. The van der Waals surface area contributed by atoms with Crippen LogP contribution in [0.1, 0.15) is 16.7 Å². The molecule has 0 aliphatic carbocycles. The van der Waals surface area contributed by atoms with Gasteiger partial charge in [-0.25, -0.2) is 8.42 Å². The number of nitrogens with zero attached hydrogens (tertiary/aromatic N) is 1. The van der Waals surface area contributed by atoms with Gasteiger partial charge < -0.3 is 5.32 Å². The summed E-state index contributed by atoms with van der Waals surface area (Å²) in [5.41, 5.74) is 4.08. The molecule has 0 aliphatic rings. The molecule has 146 valence electrons. The van der Waals surface area contributed by atoms with E-state index in [1.807, 2.05) is 51.1 Å². The number of hydrogen-bond acceptors (Lipinski definition) is 4. The first-order chi connectivity index (χ1) is 13.3. The predicted molar refractivity (Wildman–Crippen MR) is 115 cm³/mol. The van der Waals surface area contributed by atoms with Gasteiger partial charge in [-0.2, -0.15) is 0 Å². The van der Waals surface area contributed by atoms with Gasteiger partial charge >= 0.3 is 0 Å². The number of thiophene rings is 1. The SMILES string of the molecule is Cc1ccc(N(CC(=O)Nc2cc(C)ccc2C)S(=O)(=O)c2cccs2)cc1. The summed E-state index contributed by atoms with van der Waals surface area (Å²) >= 11 is 1.13. The Hall–Kier alpha value is -2.64. The second-order valence-corrected chi connectivity index (χ2v) is 9.68. The number of carbonyl (C=O) groups excluding carboxylic acids is 1. The van der Waals surface area contributed by atoms with Crippen molar-refractivity contribution < 1.29 is 13.2 Å². The molecule has 2 aromatic carbocycles. The van der Waals surface area contributed by atoms with Crippen LogP contribution in [0.4, 0.5) is 11.4 Å². The first-order valence-electron chi connectivity index (χ1n) is 8.77. The molecule has 1 N–H and O–H groups in total. The van der Waals surface area contributed by atoms with Crippen molar-refractivity contribution in [3.63, 3.8) is 0 Å². The van der Waals surface area contributed by atoms with Crippen LogP contribution < -0.4 is 9.62 Å². The number of anilines is 2. The van der Waals surface area contributed by atoms with E-state index in [0.29, 0.717) is 11.4 Å². The summed E-state index contributed by atoms with van der Waals surface area (Å²) < 4.78 is 27.6. The summed E-state index contributed by atoms with van der Waals surface area (Å²) in [6.07, 6.45) is 0. The lowest BCUT2D eigenvalue weighted by atomic mass is 10.1. The third-order valence-corrected chi connectivity index (χ3v) is 7.46. The number of carbonyl (C=O) groups is 1. The largest absolute Gasteiger partial charge is 0.324 e. The van der Waals surface area contributed by atoms with Gasteiger partial charge in [0.05, 0.1) is 5.69 Å². The van der Waals surface area contributed by atoms with Crippen molar-refractivity contribution in [2.24, 2.45) is 0 Å². The summed E-state index contributed by atoms with van der Waals surface area (Å²) in [4.78, 5) is 12.7. The molecule has 0 saturated carbocycles. The van der Waals surface area contributed by atoms with E-state index in [0.717, 1.165) is 32.3 Å². The summed E-state index contributed by atoms with van der Waals surface area (Å²) in [6.45, 7) is 5.45. The molecule has 0 radical (unpaired) electrons. The fraction of sp³-hybridized carbons (Fsp3) is 0.190. The number of sulfonamides is 1. The maximum atomic E-state index is 13.1. The molecule has 0 spiro atoms. The van der Waals surface area contributed by atoms with E-state index >= 15 is 0 Å². The van der Waals surface area contributed by atoms with E-state index in [2.05, 4.69) is 5.32 Å². The Morgan fingerprint density at radius 2 is 1.68 bits per heavy atom. The van der Waals surface area contributed by atoms with E-state index in [1.54, 1.807) is 29.6 Å². The first kappa shape index (κ1) is 20.1. The average molecular weight is 415 g/mol. The lowest BCUT2D eigenvalue weighted by Crippen LogP contribution is -2.38. The van der Waals surface area contributed by atoms with Crippen molar-refractivity contribution in [1.82, 2.24) is 0 Å². The van der Waals surface area contributed by atoms with E-state index in [4.69, 9.17) is 0 Å². The summed E-state index contributed by atoms with van der Waals surface area (Å²) in [5, 5.41) is 4.54. The molecular weight excluding hydrogens is 392 g/mol. The van der Waals surface area contributed by atoms with Gasteiger partial charge in [0.1, 0.15) is 10.8 Å². The highest BCUT2D eigenvalue weighted by Crippen LogP contribution is 2.27. The summed E-state index contributed by atoms with van der Waals surface area (Å²) in [7, 11) is -3.84. The van der Waals surface area contributed by atoms with Gasteiger partial charge in [-0.05, 0) is 61.5 Å². The molecule has 0 saturated heterocycles. The van der Waals surface area contributed by atoms with Crippen LogP contribution in [-0.2, 0) is 14.8 Å². The Bertz CT molecular complexity index is 1070.